The van der Waals surface area contributed by atoms with Crippen LogP contribution in [0.1, 0.15) is 20.7 Å². The average molecular weight is 485 g/mol. The highest BCUT2D eigenvalue weighted by Gasteiger charge is 2.75. The molecule has 0 unspecified atom stereocenters. The van der Waals surface area contributed by atoms with Gasteiger partial charge in [-0.25, -0.2) is 18.4 Å². The predicted octanol–water partition coefficient (Wildman–Crippen LogP) is 5.28. The number of nitrogens with one attached hydrogen (secondary N) is 1. The van der Waals surface area contributed by atoms with Crippen LogP contribution in [0.15, 0.2) is 48.5 Å². The lowest BCUT2D eigenvalue weighted by molar-refractivity contribution is -0.343. The van der Waals surface area contributed by atoms with Gasteiger partial charge >= 0.3 is 36.1 Å². The fourth-order valence-electron chi connectivity index (χ4n) is 2.31. The summed E-state index contributed by atoms with van der Waals surface area (Å²) in [6.07, 6.45) is -5.08. The van der Waals surface area contributed by atoms with Crippen LogP contribution < -0.4 is 10.1 Å². The molecule has 13 heteroatoms. The van der Waals surface area contributed by atoms with Gasteiger partial charge in [-0.2, -0.15) is 26.3 Å². The van der Waals surface area contributed by atoms with E-state index in [1.165, 1.54) is 12.1 Å². The van der Waals surface area contributed by atoms with Crippen LogP contribution in [0.5, 0.6) is 5.75 Å². The van der Waals surface area contributed by atoms with Crippen LogP contribution in [0.4, 0.5) is 40.8 Å². The van der Waals surface area contributed by atoms with Crippen molar-refractivity contribution in [1.82, 2.24) is 0 Å². The van der Waals surface area contributed by atoms with Crippen molar-refractivity contribution in [2.24, 2.45) is 0 Å². The third kappa shape index (κ3) is 5.52. The van der Waals surface area contributed by atoms with Crippen molar-refractivity contribution < 1.29 is 54.2 Å². The maximum absolute atomic E-state index is 13.5. The van der Waals surface area contributed by atoms with E-state index in [-0.39, 0.29) is 11.3 Å². The fraction of sp³-hybridized carbons (Fsp3) is 0.300. The quantitative estimate of drug-likeness (QED) is 0.298. The summed E-state index contributed by atoms with van der Waals surface area (Å²) in [6, 6.07) is 10.1. The summed E-state index contributed by atoms with van der Waals surface area (Å²) in [5.41, 5.74) is 0.154. The van der Waals surface area contributed by atoms with Gasteiger partial charge in [0.2, 0.25) is 0 Å². The lowest BCUT2D eigenvalue weighted by Gasteiger charge is -2.31. The number of rotatable bonds is 9. The van der Waals surface area contributed by atoms with Crippen molar-refractivity contribution in [2.45, 2.75) is 24.2 Å². The van der Waals surface area contributed by atoms with E-state index in [2.05, 4.69) is 10.1 Å². The van der Waals surface area contributed by atoms with Gasteiger partial charge in [-0.1, -0.05) is 0 Å². The number of carbonyl (C=O) groups excluding carboxylic acids is 2. The Morgan fingerprint density at radius 2 is 1.33 bits per heavy atom. The molecule has 0 heterocycles. The van der Waals surface area contributed by atoms with E-state index < -0.39 is 48.3 Å². The highest BCUT2D eigenvalue weighted by molar-refractivity contribution is 5.94. The molecule has 0 radical (unpaired) electrons. The number of carbonyl (C=O) groups is 2. The first-order valence-electron chi connectivity index (χ1n) is 8.91. The van der Waals surface area contributed by atoms with Gasteiger partial charge in [0.15, 0.2) is 6.61 Å². The molecule has 0 saturated heterocycles. The zero-order valence-electron chi connectivity index (χ0n) is 16.6. The predicted molar refractivity (Wildman–Crippen MR) is 98.5 cm³/mol. The summed E-state index contributed by atoms with van der Waals surface area (Å²) in [7, 11) is 1.68. The van der Waals surface area contributed by atoms with E-state index in [1.807, 2.05) is 0 Å². The number of hydrogen-bond donors (Lipinski definition) is 1. The number of benzene rings is 2. The zero-order chi connectivity index (χ0) is 25.0. The van der Waals surface area contributed by atoms with Crippen LogP contribution in [-0.2, 0) is 4.74 Å². The first kappa shape index (κ1) is 25.9. The summed E-state index contributed by atoms with van der Waals surface area (Å²) in [4.78, 5) is 23.9. The number of anilines is 1. The third-order valence-corrected chi connectivity index (χ3v) is 4.25. The Morgan fingerprint density at radius 1 is 0.848 bits per heavy atom. The molecule has 33 heavy (non-hydrogen) atoms. The van der Waals surface area contributed by atoms with Gasteiger partial charge in [0.1, 0.15) is 5.75 Å². The molecule has 0 bridgehead atoms. The van der Waals surface area contributed by atoms with Gasteiger partial charge < -0.3 is 14.8 Å². The Hall–Kier alpha value is -3.38. The van der Waals surface area contributed by atoms with Crippen LogP contribution in [0.25, 0.3) is 0 Å². The summed E-state index contributed by atoms with van der Waals surface area (Å²) < 4.78 is 112. The van der Waals surface area contributed by atoms with Gasteiger partial charge in [-0.05, 0) is 48.5 Å². The molecule has 0 amide bonds. The SMILES string of the molecule is CNc1ccc(OC(=O)c2ccc(C(=O)OCC(F)(F)C(F)(F)C(F)(F)C(F)F)cc2)cc1. The third-order valence-electron chi connectivity index (χ3n) is 4.25. The van der Waals surface area contributed by atoms with E-state index in [1.54, 1.807) is 19.2 Å². The lowest BCUT2D eigenvalue weighted by atomic mass is 10.1. The van der Waals surface area contributed by atoms with Gasteiger partial charge in [0, 0.05) is 12.7 Å². The van der Waals surface area contributed by atoms with Crippen LogP contribution in [0.3, 0.4) is 0 Å². The lowest BCUT2D eigenvalue weighted by Crippen LogP contribution is -2.59. The number of alkyl halides is 8. The molecule has 0 fully saturated rings. The Kier molecular flexibility index (Phi) is 7.55. The number of ether oxygens (including phenoxy) is 2. The zero-order valence-corrected chi connectivity index (χ0v) is 16.6. The van der Waals surface area contributed by atoms with Crippen molar-refractivity contribution in [3.05, 3.63) is 59.7 Å². The van der Waals surface area contributed by atoms with E-state index in [4.69, 9.17) is 4.74 Å². The number of hydrogen-bond acceptors (Lipinski definition) is 5. The van der Waals surface area contributed by atoms with E-state index in [0.717, 1.165) is 30.0 Å². The largest absolute Gasteiger partial charge is 0.455 e. The van der Waals surface area contributed by atoms with Gasteiger partial charge in [-0.15, -0.1) is 0 Å². The molecule has 0 aliphatic rings. The van der Waals surface area contributed by atoms with Crippen LogP contribution in [0, 0.1) is 0 Å². The van der Waals surface area contributed by atoms with E-state index >= 15 is 0 Å². The van der Waals surface area contributed by atoms with Crippen molar-refractivity contribution in [1.29, 1.82) is 0 Å². The summed E-state index contributed by atoms with van der Waals surface area (Å²) >= 11 is 0. The molecule has 0 spiro atoms. The van der Waals surface area contributed by atoms with Gasteiger partial charge in [-0.3, -0.25) is 0 Å². The molecule has 2 aromatic rings. The minimum atomic E-state index is -6.49. The Morgan fingerprint density at radius 3 is 1.79 bits per heavy atom. The Bertz CT molecular complexity index is 979. The highest BCUT2D eigenvalue weighted by atomic mass is 19.4. The molecule has 0 aliphatic heterocycles. The molecule has 0 saturated carbocycles. The fourth-order valence-corrected chi connectivity index (χ4v) is 2.31. The van der Waals surface area contributed by atoms with Crippen molar-refractivity contribution in [3.8, 4) is 5.75 Å². The Balaban J connectivity index is 2.02. The second kappa shape index (κ2) is 9.63. The van der Waals surface area contributed by atoms with Crippen molar-refractivity contribution in [3.63, 3.8) is 0 Å². The second-order valence-corrected chi connectivity index (χ2v) is 6.52. The molecule has 0 aromatic heterocycles. The van der Waals surface area contributed by atoms with E-state index in [9.17, 15) is 44.7 Å². The van der Waals surface area contributed by atoms with Crippen LogP contribution in [-0.4, -0.2) is 49.8 Å². The molecule has 0 atom stereocenters. The molecule has 2 aromatic carbocycles. The number of esters is 2. The van der Waals surface area contributed by atoms with E-state index in [0.29, 0.717) is 0 Å². The van der Waals surface area contributed by atoms with Crippen molar-refractivity contribution in [2.75, 3.05) is 19.0 Å². The standard InChI is InChI=1S/C20H15F8NO4/c1-29-13-6-8-14(9-7-13)33-16(31)12-4-2-11(3-5-12)15(30)32-10-18(23,24)20(27,28)19(25,26)17(21)22/h2-9,17,29H,10H2,1H3. The maximum Gasteiger partial charge on any atom is 0.381 e. The van der Waals surface area contributed by atoms with Gasteiger partial charge in [0.05, 0.1) is 11.1 Å². The summed E-state index contributed by atoms with van der Waals surface area (Å²) in [6.45, 7) is -2.59. The van der Waals surface area contributed by atoms with Crippen LogP contribution in [0.2, 0.25) is 0 Å². The molecular weight excluding hydrogens is 470 g/mol. The number of halogens is 8. The Labute approximate surface area is 181 Å². The average Bonchev–Trinajstić information content (AvgIpc) is 2.77. The highest BCUT2D eigenvalue weighted by Crippen LogP contribution is 2.48. The second-order valence-electron chi connectivity index (χ2n) is 6.52. The smallest absolute Gasteiger partial charge is 0.381 e. The molecule has 5 nitrogen and oxygen atoms in total. The monoisotopic (exact) mass is 485 g/mol. The maximum atomic E-state index is 13.5. The normalized spacial score (nSPS) is 12.4. The molecule has 1 N–H and O–H groups in total. The first-order chi connectivity index (χ1) is 15.2. The first-order valence-corrected chi connectivity index (χ1v) is 8.91. The topological polar surface area (TPSA) is 64.6 Å². The molecule has 180 valence electrons. The summed E-state index contributed by atoms with van der Waals surface area (Å²) in [5.74, 6) is -21.0. The molecule has 2 rings (SSSR count). The molecular formula is C20H15F8NO4. The summed E-state index contributed by atoms with van der Waals surface area (Å²) in [5, 5.41) is 2.85. The minimum absolute atomic E-state index is 0.0855. The van der Waals surface area contributed by atoms with Crippen LogP contribution >= 0.6 is 0 Å². The molecule has 0 aliphatic carbocycles. The van der Waals surface area contributed by atoms with Gasteiger partial charge in [0.25, 0.3) is 0 Å². The van der Waals surface area contributed by atoms with Crippen molar-refractivity contribution >= 4 is 17.6 Å². The minimum Gasteiger partial charge on any atom is -0.455 e.